The molecule has 2 heterocycles. The minimum absolute atomic E-state index is 0.0595. The molecule has 1 unspecified atom stereocenters. The van der Waals surface area contributed by atoms with Crippen LogP contribution in [0.4, 0.5) is 0 Å². The molecule has 2 rings (SSSR count). The van der Waals surface area contributed by atoms with Crippen LogP contribution in [-0.4, -0.2) is 58.6 Å². The number of aliphatic hydroxyl groups excluding tert-OH is 1. The first-order chi connectivity index (χ1) is 10.2. The van der Waals surface area contributed by atoms with Gasteiger partial charge in [0.1, 0.15) is 0 Å². The van der Waals surface area contributed by atoms with Gasteiger partial charge < -0.3 is 10.0 Å². The van der Waals surface area contributed by atoms with Crippen molar-refractivity contribution in [3.63, 3.8) is 0 Å². The Morgan fingerprint density at radius 2 is 2.43 bits per heavy atom. The number of carbonyl (C=O) groups excluding carboxylic acids is 1. The van der Waals surface area contributed by atoms with E-state index < -0.39 is 0 Å². The Balaban J connectivity index is 1.90. The maximum atomic E-state index is 12.4. The van der Waals surface area contributed by atoms with Gasteiger partial charge in [-0.25, -0.2) is 0 Å². The summed E-state index contributed by atoms with van der Waals surface area (Å²) in [6, 6.07) is 3.88. The molecular weight excluding hydrogens is 266 g/mol. The van der Waals surface area contributed by atoms with Gasteiger partial charge in [0, 0.05) is 38.6 Å². The second-order valence-electron chi connectivity index (χ2n) is 5.88. The molecule has 1 aliphatic rings. The van der Waals surface area contributed by atoms with Crippen LogP contribution in [0.3, 0.4) is 0 Å². The van der Waals surface area contributed by atoms with Gasteiger partial charge in [-0.1, -0.05) is 13.0 Å². The highest BCUT2D eigenvalue weighted by atomic mass is 16.3. The fraction of sp³-hybridized carbons (Fsp3) is 0.625. The fourth-order valence-corrected chi connectivity index (χ4v) is 2.81. The van der Waals surface area contributed by atoms with E-state index in [1.165, 1.54) is 6.42 Å². The van der Waals surface area contributed by atoms with Crippen LogP contribution in [0.5, 0.6) is 0 Å². The molecule has 1 amide bonds. The molecule has 1 N–H and O–H groups in total. The van der Waals surface area contributed by atoms with E-state index in [2.05, 4.69) is 11.9 Å². The van der Waals surface area contributed by atoms with Crippen molar-refractivity contribution in [2.45, 2.75) is 26.3 Å². The maximum absolute atomic E-state index is 12.4. The number of pyridine rings is 1. The van der Waals surface area contributed by atoms with Crippen LogP contribution in [0.1, 0.15) is 25.3 Å². The lowest BCUT2D eigenvalue weighted by Gasteiger charge is -2.32. The second-order valence-corrected chi connectivity index (χ2v) is 5.88. The molecule has 0 saturated carbocycles. The summed E-state index contributed by atoms with van der Waals surface area (Å²) in [7, 11) is 0. The molecule has 0 radical (unpaired) electrons. The number of nitrogens with zero attached hydrogens (tertiary/aromatic N) is 3. The fourth-order valence-electron chi connectivity index (χ4n) is 2.81. The van der Waals surface area contributed by atoms with Crippen molar-refractivity contribution in [3.05, 3.63) is 30.1 Å². The van der Waals surface area contributed by atoms with Crippen molar-refractivity contribution in [1.82, 2.24) is 14.8 Å². The molecular formula is C16H25N3O2. The SMILES string of the molecule is CC1CCCN(C(=O)CN(CCO)Cc2cccnc2)C1. The molecule has 1 atom stereocenters. The van der Waals surface area contributed by atoms with Crippen molar-refractivity contribution in [2.75, 3.05) is 32.8 Å². The molecule has 0 spiro atoms. The average molecular weight is 291 g/mol. The number of piperidine rings is 1. The van der Waals surface area contributed by atoms with E-state index in [1.807, 2.05) is 21.9 Å². The Hall–Kier alpha value is -1.46. The van der Waals surface area contributed by atoms with Gasteiger partial charge in [-0.05, 0) is 30.4 Å². The van der Waals surface area contributed by atoms with Crippen LogP contribution in [0.2, 0.25) is 0 Å². The topological polar surface area (TPSA) is 56.7 Å². The highest BCUT2D eigenvalue weighted by Gasteiger charge is 2.22. The van der Waals surface area contributed by atoms with E-state index >= 15 is 0 Å². The number of aliphatic hydroxyl groups is 1. The number of aromatic nitrogens is 1. The van der Waals surface area contributed by atoms with Crippen molar-refractivity contribution in [3.8, 4) is 0 Å². The molecule has 0 bridgehead atoms. The minimum Gasteiger partial charge on any atom is -0.395 e. The van der Waals surface area contributed by atoms with Gasteiger partial charge in [0.05, 0.1) is 13.2 Å². The third-order valence-corrected chi connectivity index (χ3v) is 3.91. The lowest BCUT2D eigenvalue weighted by atomic mass is 10.0. The van der Waals surface area contributed by atoms with Crippen LogP contribution in [0.25, 0.3) is 0 Å². The number of hydrogen-bond donors (Lipinski definition) is 1. The summed E-state index contributed by atoms with van der Waals surface area (Å²) in [6.07, 6.45) is 5.84. The molecule has 1 aromatic rings. The van der Waals surface area contributed by atoms with Crippen LogP contribution < -0.4 is 0 Å². The molecule has 116 valence electrons. The summed E-state index contributed by atoms with van der Waals surface area (Å²) in [5.74, 6) is 0.756. The number of hydrogen-bond acceptors (Lipinski definition) is 4. The highest BCUT2D eigenvalue weighted by molar-refractivity contribution is 5.78. The zero-order valence-electron chi connectivity index (χ0n) is 12.7. The third-order valence-electron chi connectivity index (χ3n) is 3.91. The molecule has 21 heavy (non-hydrogen) atoms. The minimum atomic E-state index is 0.0595. The van der Waals surface area contributed by atoms with Crippen molar-refractivity contribution in [1.29, 1.82) is 0 Å². The van der Waals surface area contributed by atoms with E-state index in [-0.39, 0.29) is 12.5 Å². The first-order valence-electron chi connectivity index (χ1n) is 7.69. The van der Waals surface area contributed by atoms with Gasteiger partial charge in [0.25, 0.3) is 0 Å². The van der Waals surface area contributed by atoms with E-state index in [1.54, 1.807) is 12.4 Å². The standard InChI is InChI=1S/C16H25N3O2/c1-14-4-3-7-19(11-14)16(21)13-18(8-9-20)12-15-5-2-6-17-10-15/h2,5-6,10,14,20H,3-4,7-9,11-13H2,1H3. The summed E-state index contributed by atoms with van der Waals surface area (Å²) < 4.78 is 0. The molecule has 1 aromatic heterocycles. The molecule has 1 aliphatic heterocycles. The molecule has 0 aromatic carbocycles. The van der Waals surface area contributed by atoms with Crippen LogP contribution in [0, 0.1) is 5.92 Å². The monoisotopic (exact) mass is 291 g/mol. The van der Waals surface area contributed by atoms with Crippen LogP contribution in [-0.2, 0) is 11.3 Å². The first kappa shape index (κ1) is 15.9. The van der Waals surface area contributed by atoms with Gasteiger partial charge in [-0.2, -0.15) is 0 Å². The van der Waals surface area contributed by atoms with Gasteiger partial charge >= 0.3 is 0 Å². The quantitative estimate of drug-likeness (QED) is 0.854. The van der Waals surface area contributed by atoms with Gasteiger partial charge in [0.2, 0.25) is 5.91 Å². The lowest BCUT2D eigenvalue weighted by Crippen LogP contribution is -2.45. The van der Waals surface area contributed by atoms with Crippen LogP contribution in [0.15, 0.2) is 24.5 Å². The predicted octanol–water partition coefficient (Wildman–Crippen LogP) is 1.13. The maximum Gasteiger partial charge on any atom is 0.236 e. The predicted molar refractivity (Wildman–Crippen MR) is 81.6 cm³/mol. The number of likely N-dealkylation sites (tertiary alicyclic amines) is 1. The third kappa shape index (κ3) is 5.10. The largest absolute Gasteiger partial charge is 0.395 e. The van der Waals surface area contributed by atoms with Crippen LogP contribution >= 0.6 is 0 Å². The second kappa shape index (κ2) is 8.10. The Morgan fingerprint density at radius 3 is 3.10 bits per heavy atom. The van der Waals surface area contributed by atoms with Gasteiger partial charge in [-0.3, -0.25) is 14.7 Å². The summed E-state index contributed by atoms with van der Waals surface area (Å²) in [4.78, 5) is 20.4. The molecule has 1 saturated heterocycles. The van der Waals surface area contributed by atoms with E-state index in [4.69, 9.17) is 0 Å². The van der Waals surface area contributed by atoms with Crippen molar-refractivity contribution in [2.24, 2.45) is 5.92 Å². The molecule has 5 nitrogen and oxygen atoms in total. The zero-order valence-corrected chi connectivity index (χ0v) is 12.7. The normalized spacial score (nSPS) is 19.0. The lowest BCUT2D eigenvalue weighted by molar-refractivity contribution is -0.134. The number of carbonyl (C=O) groups is 1. The first-order valence-corrected chi connectivity index (χ1v) is 7.69. The Kier molecular flexibility index (Phi) is 6.14. The number of amides is 1. The molecule has 5 heteroatoms. The molecule has 1 fully saturated rings. The average Bonchev–Trinajstić information content (AvgIpc) is 2.48. The molecule has 0 aliphatic carbocycles. The van der Waals surface area contributed by atoms with Crippen molar-refractivity contribution < 1.29 is 9.90 Å². The Morgan fingerprint density at radius 1 is 1.57 bits per heavy atom. The summed E-state index contributed by atoms with van der Waals surface area (Å²) in [5.41, 5.74) is 1.06. The Labute approximate surface area is 126 Å². The number of rotatable bonds is 6. The zero-order chi connectivity index (χ0) is 15.1. The van der Waals surface area contributed by atoms with E-state index in [9.17, 15) is 9.90 Å². The Bertz CT molecular complexity index is 438. The summed E-state index contributed by atoms with van der Waals surface area (Å²) >= 11 is 0. The van der Waals surface area contributed by atoms with E-state index in [0.29, 0.717) is 25.6 Å². The summed E-state index contributed by atoms with van der Waals surface area (Å²) in [6.45, 7) is 5.49. The van der Waals surface area contributed by atoms with E-state index in [0.717, 1.165) is 25.1 Å². The highest BCUT2D eigenvalue weighted by Crippen LogP contribution is 2.16. The van der Waals surface area contributed by atoms with Gasteiger partial charge in [0.15, 0.2) is 0 Å². The summed E-state index contributed by atoms with van der Waals surface area (Å²) in [5, 5.41) is 9.20. The van der Waals surface area contributed by atoms with Crippen molar-refractivity contribution >= 4 is 5.91 Å². The smallest absolute Gasteiger partial charge is 0.236 e. The van der Waals surface area contributed by atoms with Gasteiger partial charge in [-0.15, -0.1) is 0 Å².